The molecule has 5 heteroatoms. The highest BCUT2D eigenvalue weighted by molar-refractivity contribution is 6.33. The van der Waals surface area contributed by atoms with E-state index in [2.05, 4.69) is 5.32 Å². The van der Waals surface area contributed by atoms with Crippen LogP contribution in [-0.2, 0) is 4.79 Å². The lowest BCUT2D eigenvalue weighted by atomic mass is 10.1. The van der Waals surface area contributed by atoms with Crippen LogP contribution in [0.15, 0.2) is 48.5 Å². The fourth-order valence-electron chi connectivity index (χ4n) is 1.87. The first-order valence-corrected chi connectivity index (χ1v) is 7.24. The SMILES string of the molecule is CCOc1ccc(/C=C\C(=O)Nc2ccccc2Cl)cc1N. The van der Waals surface area contributed by atoms with Gasteiger partial charge in [0.05, 0.1) is 23.0 Å². The summed E-state index contributed by atoms with van der Waals surface area (Å²) in [7, 11) is 0. The number of rotatable bonds is 5. The van der Waals surface area contributed by atoms with Crippen molar-refractivity contribution in [3.63, 3.8) is 0 Å². The van der Waals surface area contributed by atoms with Gasteiger partial charge in [0.25, 0.3) is 0 Å². The summed E-state index contributed by atoms with van der Waals surface area (Å²) in [6.45, 7) is 2.45. The van der Waals surface area contributed by atoms with E-state index < -0.39 is 0 Å². The van der Waals surface area contributed by atoms with Crippen LogP contribution in [0.4, 0.5) is 11.4 Å². The fourth-order valence-corrected chi connectivity index (χ4v) is 2.05. The number of halogens is 1. The Morgan fingerprint density at radius 1 is 1.32 bits per heavy atom. The summed E-state index contributed by atoms with van der Waals surface area (Å²) in [4.78, 5) is 11.9. The molecule has 0 aromatic heterocycles. The van der Waals surface area contributed by atoms with Crippen molar-refractivity contribution in [2.24, 2.45) is 0 Å². The number of carbonyl (C=O) groups is 1. The second kappa shape index (κ2) is 7.52. The molecule has 0 saturated carbocycles. The summed E-state index contributed by atoms with van der Waals surface area (Å²) in [5.41, 5.74) is 7.81. The van der Waals surface area contributed by atoms with Crippen LogP contribution in [-0.4, -0.2) is 12.5 Å². The normalized spacial score (nSPS) is 10.6. The Morgan fingerprint density at radius 2 is 2.09 bits per heavy atom. The molecule has 2 rings (SSSR count). The van der Waals surface area contributed by atoms with E-state index >= 15 is 0 Å². The first-order chi connectivity index (χ1) is 10.6. The molecule has 0 radical (unpaired) electrons. The van der Waals surface area contributed by atoms with Crippen LogP contribution < -0.4 is 15.8 Å². The minimum Gasteiger partial charge on any atom is -0.492 e. The molecule has 0 atom stereocenters. The van der Waals surface area contributed by atoms with Gasteiger partial charge in [-0.15, -0.1) is 0 Å². The van der Waals surface area contributed by atoms with Crippen LogP contribution in [0, 0.1) is 0 Å². The molecule has 0 fully saturated rings. The number of nitrogen functional groups attached to an aromatic ring is 1. The van der Waals surface area contributed by atoms with Crippen molar-refractivity contribution in [3.8, 4) is 5.75 Å². The maximum Gasteiger partial charge on any atom is 0.248 e. The molecule has 0 saturated heterocycles. The highest BCUT2D eigenvalue weighted by Gasteiger charge is 2.03. The van der Waals surface area contributed by atoms with Crippen molar-refractivity contribution in [2.75, 3.05) is 17.7 Å². The minimum atomic E-state index is -0.263. The highest BCUT2D eigenvalue weighted by atomic mass is 35.5. The van der Waals surface area contributed by atoms with E-state index in [-0.39, 0.29) is 5.91 Å². The van der Waals surface area contributed by atoms with E-state index in [0.717, 1.165) is 5.56 Å². The van der Waals surface area contributed by atoms with Gasteiger partial charge in [-0.05, 0) is 42.8 Å². The number of hydrogen-bond acceptors (Lipinski definition) is 3. The van der Waals surface area contributed by atoms with E-state index in [9.17, 15) is 4.79 Å². The van der Waals surface area contributed by atoms with Gasteiger partial charge in [-0.25, -0.2) is 0 Å². The van der Waals surface area contributed by atoms with Gasteiger partial charge in [-0.1, -0.05) is 29.8 Å². The first-order valence-electron chi connectivity index (χ1n) is 6.86. The van der Waals surface area contributed by atoms with Crippen molar-refractivity contribution in [3.05, 3.63) is 59.1 Å². The predicted octanol–water partition coefficient (Wildman–Crippen LogP) is 3.97. The molecule has 3 N–H and O–H groups in total. The molecule has 2 aromatic carbocycles. The molecule has 0 aliphatic heterocycles. The molecule has 1 amide bonds. The minimum absolute atomic E-state index is 0.263. The zero-order valence-corrected chi connectivity index (χ0v) is 12.9. The van der Waals surface area contributed by atoms with Gasteiger partial charge in [-0.2, -0.15) is 0 Å². The van der Waals surface area contributed by atoms with Crippen LogP contribution in [0.25, 0.3) is 6.08 Å². The molecule has 22 heavy (non-hydrogen) atoms. The number of nitrogens with one attached hydrogen (secondary N) is 1. The second-order valence-electron chi connectivity index (χ2n) is 4.53. The molecule has 0 spiro atoms. The van der Waals surface area contributed by atoms with Gasteiger partial charge in [-0.3, -0.25) is 4.79 Å². The molecule has 114 valence electrons. The Kier molecular flexibility index (Phi) is 5.44. The third-order valence-electron chi connectivity index (χ3n) is 2.89. The van der Waals surface area contributed by atoms with Crippen LogP contribution >= 0.6 is 11.6 Å². The number of para-hydroxylation sites is 1. The van der Waals surface area contributed by atoms with E-state index in [1.807, 2.05) is 13.0 Å². The van der Waals surface area contributed by atoms with Gasteiger partial charge in [0.2, 0.25) is 5.91 Å². The number of anilines is 2. The molecule has 0 unspecified atom stereocenters. The number of amides is 1. The fraction of sp³-hybridized carbons (Fsp3) is 0.118. The third kappa shape index (κ3) is 4.27. The van der Waals surface area contributed by atoms with Crippen LogP contribution in [0.1, 0.15) is 12.5 Å². The lowest BCUT2D eigenvalue weighted by Crippen LogP contribution is -2.07. The Hall–Kier alpha value is -2.46. The molecule has 2 aromatic rings. The Morgan fingerprint density at radius 3 is 2.77 bits per heavy atom. The summed E-state index contributed by atoms with van der Waals surface area (Å²) in [5.74, 6) is 0.376. The van der Waals surface area contributed by atoms with Crippen molar-refractivity contribution in [2.45, 2.75) is 6.92 Å². The van der Waals surface area contributed by atoms with Crippen LogP contribution in [0.3, 0.4) is 0 Å². The van der Waals surface area contributed by atoms with Gasteiger partial charge >= 0.3 is 0 Å². The van der Waals surface area contributed by atoms with E-state index in [1.54, 1.807) is 42.5 Å². The van der Waals surface area contributed by atoms with Crippen LogP contribution in [0.2, 0.25) is 5.02 Å². The lowest BCUT2D eigenvalue weighted by molar-refractivity contribution is -0.111. The van der Waals surface area contributed by atoms with Gasteiger partial charge < -0.3 is 15.8 Å². The summed E-state index contributed by atoms with van der Waals surface area (Å²) in [6, 6.07) is 12.4. The Balaban J connectivity index is 2.04. The summed E-state index contributed by atoms with van der Waals surface area (Å²) < 4.78 is 5.37. The molecular weight excluding hydrogens is 300 g/mol. The average Bonchev–Trinajstić information content (AvgIpc) is 2.50. The summed E-state index contributed by atoms with van der Waals surface area (Å²) >= 11 is 5.98. The number of benzene rings is 2. The Labute approximate surface area is 134 Å². The van der Waals surface area contributed by atoms with E-state index in [0.29, 0.717) is 28.8 Å². The molecular formula is C17H17ClN2O2. The standard InChI is InChI=1S/C17H17ClN2O2/c1-2-22-16-9-7-12(11-14(16)19)8-10-17(21)20-15-6-4-3-5-13(15)18/h3-11H,2,19H2,1H3,(H,20,21)/b10-8-. The largest absolute Gasteiger partial charge is 0.492 e. The van der Waals surface area contributed by atoms with Crippen molar-refractivity contribution in [1.29, 1.82) is 0 Å². The predicted molar refractivity (Wildman–Crippen MR) is 91.1 cm³/mol. The molecule has 0 aliphatic carbocycles. The van der Waals surface area contributed by atoms with Gasteiger partial charge in [0.15, 0.2) is 0 Å². The summed E-state index contributed by atoms with van der Waals surface area (Å²) in [5, 5.41) is 3.21. The number of nitrogens with two attached hydrogens (primary N) is 1. The average molecular weight is 317 g/mol. The van der Waals surface area contributed by atoms with E-state index in [4.69, 9.17) is 22.1 Å². The topological polar surface area (TPSA) is 64.3 Å². The monoisotopic (exact) mass is 316 g/mol. The molecule has 4 nitrogen and oxygen atoms in total. The maximum atomic E-state index is 11.9. The van der Waals surface area contributed by atoms with Gasteiger partial charge in [0, 0.05) is 6.08 Å². The second-order valence-corrected chi connectivity index (χ2v) is 4.94. The smallest absolute Gasteiger partial charge is 0.248 e. The van der Waals surface area contributed by atoms with Crippen LogP contribution in [0.5, 0.6) is 5.75 Å². The van der Waals surface area contributed by atoms with Crippen molar-refractivity contribution in [1.82, 2.24) is 0 Å². The Bertz CT molecular complexity index is 699. The molecule has 0 bridgehead atoms. The number of hydrogen-bond donors (Lipinski definition) is 2. The third-order valence-corrected chi connectivity index (χ3v) is 3.22. The highest BCUT2D eigenvalue weighted by Crippen LogP contribution is 2.23. The van der Waals surface area contributed by atoms with Crippen molar-refractivity contribution >= 4 is 35.0 Å². The molecule has 0 heterocycles. The van der Waals surface area contributed by atoms with Gasteiger partial charge in [0.1, 0.15) is 5.75 Å². The zero-order chi connectivity index (χ0) is 15.9. The first kappa shape index (κ1) is 15.9. The number of carbonyl (C=O) groups excluding carboxylic acids is 1. The molecule has 0 aliphatic rings. The van der Waals surface area contributed by atoms with E-state index in [1.165, 1.54) is 6.08 Å². The van der Waals surface area contributed by atoms with Crippen molar-refractivity contribution < 1.29 is 9.53 Å². The zero-order valence-electron chi connectivity index (χ0n) is 12.2. The quantitative estimate of drug-likeness (QED) is 0.648. The maximum absolute atomic E-state index is 11.9. The number of ether oxygens (including phenoxy) is 1. The summed E-state index contributed by atoms with van der Waals surface area (Å²) in [6.07, 6.45) is 3.11. The lowest BCUT2D eigenvalue weighted by Gasteiger charge is -2.07.